The second-order valence-electron chi connectivity index (χ2n) is 7.33. The van der Waals surface area contributed by atoms with Gasteiger partial charge in [-0.05, 0) is 37.0 Å². The molecule has 144 valence electrons. The highest BCUT2D eigenvalue weighted by atomic mass is 32.2. The summed E-state index contributed by atoms with van der Waals surface area (Å²) in [6, 6.07) is 5.42. The van der Waals surface area contributed by atoms with Crippen molar-refractivity contribution in [3.63, 3.8) is 0 Å². The van der Waals surface area contributed by atoms with Crippen LogP contribution in [0.2, 0.25) is 0 Å². The van der Waals surface area contributed by atoms with E-state index in [0.29, 0.717) is 19.0 Å². The molecule has 0 saturated carbocycles. The van der Waals surface area contributed by atoms with Crippen LogP contribution in [0, 0.1) is 5.92 Å². The quantitative estimate of drug-likeness (QED) is 0.864. The highest BCUT2D eigenvalue weighted by Crippen LogP contribution is 2.34. The van der Waals surface area contributed by atoms with Crippen LogP contribution in [0.1, 0.15) is 18.9 Å². The first kappa shape index (κ1) is 18.2. The van der Waals surface area contributed by atoms with Gasteiger partial charge in [-0.2, -0.15) is 4.31 Å². The number of pyridine rings is 2. The van der Waals surface area contributed by atoms with Gasteiger partial charge in [0.1, 0.15) is 10.7 Å². The van der Waals surface area contributed by atoms with E-state index in [0.717, 1.165) is 30.9 Å². The van der Waals surface area contributed by atoms with E-state index in [1.165, 1.54) is 11.8 Å². The summed E-state index contributed by atoms with van der Waals surface area (Å²) < 4.78 is 27.7. The van der Waals surface area contributed by atoms with E-state index in [2.05, 4.69) is 34.2 Å². The number of nitrogens with zero attached hydrogens (tertiary/aromatic N) is 4. The monoisotopic (exact) mass is 387 g/mol. The maximum absolute atomic E-state index is 13.0. The first-order valence-corrected chi connectivity index (χ1v) is 10.8. The second kappa shape index (κ2) is 7.09. The fourth-order valence-electron chi connectivity index (χ4n) is 4.09. The molecule has 2 aromatic rings. The minimum atomic E-state index is -3.53. The molecule has 27 heavy (non-hydrogen) atoms. The number of fused-ring (bicyclic) bond motifs is 1. The van der Waals surface area contributed by atoms with Crippen LogP contribution in [0.4, 0.5) is 11.5 Å². The molecule has 2 atom stereocenters. The number of anilines is 2. The SMILES string of the molecule is C[C@@H]1CCN(S(=O)(=O)c2cccnc2)CC1N(C)c1ccnc2c1CCN2. The van der Waals surface area contributed by atoms with Gasteiger partial charge in [0.15, 0.2) is 0 Å². The summed E-state index contributed by atoms with van der Waals surface area (Å²) in [5.41, 5.74) is 2.36. The van der Waals surface area contributed by atoms with Crippen molar-refractivity contribution in [2.45, 2.75) is 30.7 Å². The Kier molecular flexibility index (Phi) is 4.77. The fourth-order valence-corrected chi connectivity index (χ4v) is 5.52. The van der Waals surface area contributed by atoms with E-state index in [9.17, 15) is 8.42 Å². The largest absolute Gasteiger partial charge is 0.370 e. The molecule has 2 aromatic heterocycles. The van der Waals surface area contributed by atoms with Gasteiger partial charge >= 0.3 is 0 Å². The maximum Gasteiger partial charge on any atom is 0.244 e. The first-order chi connectivity index (χ1) is 13.0. The van der Waals surface area contributed by atoms with Crippen LogP contribution in [-0.4, -0.2) is 55.4 Å². The van der Waals surface area contributed by atoms with E-state index in [1.807, 2.05) is 12.3 Å². The predicted molar refractivity (Wildman–Crippen MR) is 105 cm³/mol. The van der Waals surface area contributed by atoms with Crippen molar-refractivity contribution in [3.05, 3.63) is 42.4 Å². The summed E-state index contributed by atoms with van der Waals surface area (Å²) in [5, 5.41) is 3.31. The molecule has 0 aromatic carbocycles. The Bertz CT molecular complexity index is 919. The van der Waals surface area contributed by atoms with Crippen molar-refractivity contribution in [1.82, 2.24) is 14.3 Å². The number of aromatic nitrogens is 2. The Morgan fingerprint density at radius 2 is 2.15 bits per heavy atom. The summed E-state index contributed by atoms with van der Waals surface area (Å²) in [7, 11) is -1.46. The van der Waals surface area contributed by atoms with Crippen LogP contribution in [0.5, 0.6) is 0 Å². The molecular formula is C19H25N5O2S. The van der Waals surface area contributed by atoms with Gasteiger partial charge in [-0.1, -0.05) is 6.92 Å². The number of nitrogens with one attached hydrogen (secondary N) is 1. The van der Waals surface area contributed by atoms with Crippen molar-refractivity contribution in [2.75, 3.05) is 36.9 Å². The Hall–Kier alpha value is -2.19. The van der Waals surface area contributed by atoms with E-state index in [4.69, 9.17) is 0 Å². The van der Waals surface area contributed by atoms with Gasteiger partial charge < -0.3 is 10.2 Å². The fraction of sp³-hybridized carbons (Fsp3) is 0.474. The topological polar surface area (TPSA) is 78.4 Å². The van der Waals surface area contributed by atoms with Crippen LogP contribution < -0.4 is 10.2 Å². The lowest BCUT2D eigenvalue weighted by molar-refractivity contribution is 0.247. The van der Waals surface area contributed by atoms with Gasteiger partial charge in [0, 0.05) is 62.6 Å². The Labute approximate surface area is 160 Å². The highest BCUT2D eigenvalue weighted by molar-refractivity contribution is 7.89. The Balaban J connectivity index is 1.61. The number of piperidine rings is 1. The zero-order valence-electron chi connectivity index (χ0n) is 15.7. The minimum Gasteiger partial charge on any atom is -0.370 e. The molecule has 0 spiro atoms. The molecule has 1 saturated heterocycles. The molecule has 4 heterocycles. The van der Waals surface area contributed by atoms with Crippen molar-refractivity contribution >= 4 is 21.5 Å². The second-order valence-corrected chi connectivity index (χ2v) is 9.27. The van der Waals surface area contributed by atoms with Crippen molar-refractivity contribution in [1.29, 1.82) is 0 Å². The van der Waals surface area contributed by atoms with Gasteiger partial charge in [-0.15, -0.1) is 0 Å². The summed E-state index contributed by atoms with van der Waals surface area (Å²) in [6.45, 7) is 4.11. The summed E-state index contributed by atoms with van der Waals surface area (Å²) >= 11 is 0. The minimum absolute atomic E-state index is 0.109. The lowest BCUT2D eigenvalue weighted by atomic mass is 9.93. The van der Waals surface area contributed by atoms with Gasteiger partial charge in [0.05, 0.1) is 0 Å². The molecule has 4 rings (SSSR count). The molecule has 1 unspecified atom stereocenters. The van der Waals surface area contributed by atoms with Crippen LogP contribution in [-0.2, 0) is 16.4 Å². The standard InChI is InChI=1S/C19H25N5O2S/c1-14-7-11-24(27(25,26)15-4-3-8-20-12-15)13-18(14)23(2)17-6-10-22-19-16(17)5-9-21-19/h3-4,6,8,10,12,14,18H,5,7,9,11,13H2,1-2H3,(H,21,22)/t14-,18?/m1/s1. The number of rotatable bonds is 4. The Morgan fingerprint density at radius 1 is 1.30 bits per heavy atom. The number of hydrogen-bond donors (Lipinski definition) is 1. The zero-order valence-corrected chi connectivity index (χ0v) is 16.5. The summed E-state index contributed by atoms with van der Waals surface area (Å²) in [5.74, 6) is 1.34. The lowest BCUT2D eigenvalue weighted by Gasteiger charge is -2.42. The van der Waals surface area contributed by atoms with E-state index >= 15 is 0 Å². The van der Waals surface area contributed by atoms with E-state index in [1.54, 1.807) is 22.6 Å². The zero-order chi connectivity index (χ0) is 19.0. The van der Waals surface area contributed by atoms with Gasteiger partial charge in [-0.3, -0.25) is 4.98 Å². The Morgan fingerprint density at radius 3 is 2.93 bits per heavy atom. The summed E-state index contributed by atoms with van der Waals surface area (Å²) in [4.78, 5) is 10.9. The smallest absolute Gasteiger partial charge is 0.244 e. The average Bonchev–Trinajstić information content (AvgIpc) is 3.17. The molecule has 2 aliphatic heterocycles. The van der Waals surface area contributed by atoms with Gasteiger partial charge in [0.2, 0.25) is 10.0 Å². The average molecular weight is 388 g/mol. The number of likely N-dealkylation sites (N-methyl/N-ethyl adjacent to an activating group) is 1. The van der Waals surface area contributed by atoms with Gasteiger partial charge in [-0.25, -0.2) is 13.4 Å². The van der Waals surface area contributed by atoms with Crippen molar-refractivity contribution in [2.24, 2.45) is 5.92 Å². The summed E-state index contributed by atoms with van der Waals surface area (Å²) in [6.07, 6.45) is 6.61. The molecule has 0 aliphatic carbocycles. The molecule has 1 N–H and O–H groups in total. The van der Waals surface area contributed by atoms with Gasteiger partial charge in [0.25, 0.3) is 0 Å². The first-order valence-electron chi connectivity index (χ1n) is 9.33. The van der Waals surface area contributed by atoms with E-state index in [-0.39, 0.29) is 10.9 Å². The number of sulfonamides is 1. The normalized spacial score (nSPS) is 22.9. The molecule has 0 bridgehead atoms. The molecule has 2 aliphatic rings. The third-order valence-electron chi connectivity index (χ3n) is 5.73. The lowest BCUT2D eigenvalue weighted by Crippen LogP contribution is -2.52. The molecule has 1 fully saturated rings. The van der Waals surface area contributed by atoms with E-state index < -0.39 is 10.0 Å². The van der Waals surface area contributed by atoms with Crippen LogP contribution in [0.15, 0.2) is 41.7 Å². The highest BCUT2D eigenvalue weighted by Gasteiger charge is 2.36. The van der Waals surface area contributed by atoms with Crippen LogP contribution in [0.25, 0.3) is 0 Å². The predicted octanol–water partition coefficient (Wildman–Crippen LogP) is 1.98. The maximum atomic E-state index is 13.0. The van der Waals surface area contributed by atoms with Crippen molar-refractivity contribution in [3.8, 4) is 0 Å². The third kappa shape index (κ3) is 3.27. The number of hydrogen-bond acceptors (Lipinski definition) is 6. The van der Waals surface area contributed by atoms with Crippen molar-refractivity contribution < 1.29 is 8.42 Å². The molecule has 7 nitrogen and oxygen atoms in total. The molecule has 0 radical (unpaired) electrons. The third-order valence-corrected chi connectivity index (χ3v) is 7.58. The van der Waals surface area contributed by atoms with Crippen LogP contribution >= 0.6 is 0 Å². The molecule has 0 amide bonds. The molecule has 8 heteroatoms. The van der Waals surface area contributed by atoms with Crippen LogP contribution in [0.3, 0.4) is 0 Å². The molecular weight excluding hydrogens is 362 g/mol.